The van der Waals surface area contributed by atoms with E-state index in [2.05, 4.69) is 4.98 Å². The first-order valence-corrected chi connectivity index (χ1v) is 9.26. The number of benzene rings is 1. The zero-order chi connectivity index (χ0) is 17.0. The molecule has 0 aliphatic heterocycles. The Hall–Kier alpha value is -1.90. The van der Waals surface area contributed by atoms with E-state index in [-0.39, 0.29) is 4.90 Å². The smallest absolute Gasteiger partial charge is 0.371 e. The molecule has 0 saturated heterocycles. The van der Waals surface area contributed by atoms with E-state index in [0.29, 0.717) is 5.22 Å². The molecule has 2 aromatic heterocycles. The molecule has 0 bridgehead atoms. The minimum absolute atomic E-state index is 0.178. The summed E-state index contributed by atoms with van der Waals surface area (Å²) in [6.45, 7) is 1.82. The van der Waals surface area contributed by atoms with Crippen LogP contribution in [0.4, 0.5) is 0 Å². The summed E-state index contributed by atoms with van der Waals surface area (Å²) in [5.41, 5.74) is 2.66. The second kappa shape index (κ2) is 7.12. The number of fused-ring (bicyclic) bond motifs is 1. The van der Waals surface area contributed by atoms with Crippen molar-refractivity contribution in [1.82, 2.24) is 4.98 Å². The van der Waals surface area contributed by atoms with E-state index >= 15 is 0 Å². The Kier molecular flexibility index (Phi) is 5.40. The number of aryl methyl sites for hydroxylation is 2. The molecule has 8 heteroatoms. The fraction of sp³-hybridized carbons (Fsp3) is 0.200. The summed E-state index contributed by atoms with van der Waals surface area (Å²) < 4.78 is 38.5. The van der Waals surface area contributed by atoms with E-state index in [1.54, 1.807) is 12.1 Å². The van der Waals surface area contributed by atoms with Gasteiger partial charge in [-0.15, -0.1) is 0 Å². The maximum atomic E-state index is 10.4. The predicted molar refractivity (Wildman–Crippen MR) is 86.1 cm³/mol. The number of thioether (sulfide) groups is 1. The standard InChI is InChI=1S/C8H9N2OS.C7H8O3S/c1-10-5-3-4-6-7(10)9-8(11-6)12-2;1-6-2-4-7(5-3-6)11(8,9)10/h3-5H,1-2H3;2-5H,1H3,(H,8,9,10)/q+1;/p-1. The zero-order valence-electron chi connectivity index (χ0n) is 12.9. The van der Waals surface area contributed by atoms with Crippen LogP contribution in [-0.4, -0.2) is 24.2 Å². The SMILES string of the molecule is CSc1nc2c(ccc[n+]2C)o1.Cc1ccc(S(=O)(=O)[O-])cc1. The van der Waals surface area contributed by atoms with E-state index in [1.165, 1.54) is 23.9 Å². The van der Waals surface area contributed by atoms with E-state index < -0.39 is 10.1 Å². The zero-order valence-corrected chi connectivity index (χ0v) is 14.5. The summed E-state index contributed by atoms with van der Waals surface area (Å²) in [7, 11) is -2.32. The molecule has 1 aromatic carbocycles. The van der Waals surface area contributed by atoms with Crippen LogP contribution in [0, 0.1) is 6.92 Å². The minimum Gasteiger partial charge on any atom is -0.744 e. The number of aromatic nitrogens is 2. The molecule has 0 aliphatic carbocycles. The predicted octanol–water partition coefficient (Wildman–Crippen LogP) is 2.27. The van der Waals surface area contributed by atoms with E-state index in [9.17, 15) is 13.0 Å². The lowest BCUT2D eigenvalue weighted by atomic mass is 10.2. The molecule has 0 spiro atoms. The van der Waals surface area contributed by atoms with E-state index in [0.717, 1.165) is 16.8 Å². The van der Waals surface area contributed by atoms with Crippen molar-refractivity contribution >= 4 is 33.1 Å². The molecule has 3 rings (SSSR count). The van der Waals surface area contributed by atoms with Crippen molar-refractivity contribution in [3.63, 3.8) is 0 Å². The monoisotopic (exact) mass is 352 g/mol. The molecular formula is C15H16N2O4S2. The first kappa shape index (κ1) is 17.5. The first-order chi connectivity index (χ1) is 10.8. The summed E-state index contributed by atoms with van der Waals surface area (Å²) in [5, 5.41) is 0.715. The molecular weight excluding hydrogens is 336 g/mol. The highest BCUT2D eigenvalue weighted by molar-refractivity contribution is 7.98. The van der Waals surface area contributed by atoms with Gasteiger partial charge in [0.05, 0.1) is 18.1 Å². The number of pyridine rings is 1. The van der Waals surface area contributed by atoms with Crippen LogP contribution in [0.2, 0.25) is 0 Å². The number of rotatable bonds is 2. The fourth-order valence-electron chi connectivity index (χ4n) is 1.79. The molecule has 3 aromatic rings. The van der Waals surface area contributed by atoms with Gasteiger partial charge in [0.15, 0.2) is 0 Å². The maximum Gasteiger partial charge on any atom is 0.371 e. The fourth-order valence-corrected chi connectivity index (χ4v) is 2.61. The van der Waals surface area contributed by atoms with E-state index in [1.807, 2.05) is 43.1 Å². The number of hydrogen-bond donors (Lipinski definition) is 0. The van der Waals surface area contributed by atoms with Crippen LogP contribution in [0.15, 0.2) is 57.1 Å². The Bertz CT molecular complexity index is 903. The lowest BCUT2D eigenvalue weighted by Gasteiger charge is -2.05. The minimum atomic E-state index is -4.27. The van der Waals surface area contributed by atoms with Gasteiger partial charge in [0, 0.05) is 4.98 Å². The van der Waals surface area contributed by atoms with Gasteiger partial charge in [-0.3, -0.25) is 0 Å². The molecule has 0 fully saturated rings. The molecule has 23 heavy (non-hydrogen) atoms. The Balaban J connectivity index is 0.000000168. The molecule has 0 N–H and O–H groups in total. The maximum absolute atomic E-state index is 10.4. The summed E-state index contributed by atoms with van der Waals surface area (Å²) in [6.07, 6.45) is 3.90. The lowest BCUT2D eigenvalue weighted by Crippen LogP contribution is -2.27. The highest BCUT2D eigenvalue weighted by Crippen LogP contribution is 2.18. The van der Waals surface area contributed by atoms with Gasteiger partial charge in [-0.25, -0.2) is 13.0 Å². The summed E-state index contributed by atoms with van der Waals surface area (Å²) >= 11 is 1.51. The van der Waals surface area contributed by atoms with Gasteiger partial charge >= 0.3 is 10.9 Å². The van der Waals surface area contributed by atoms with Gasteiger partial charge in [-0.1, -0.05) is 17.7 Å². The van der Waals surface area contributed by atoms with Crippen molar-refractivity contribution in [3.8, 4) is 0 Å². The van der Waals surface area contributed by atoms with Crippen molar-refractivity contribution in [1.29, 1.82) is 0 Å². The largest absolute Gasteiger partial charge is 0.744 e. The van der Waals surface area contributed by atoms with Crippen LogP contribution in [0.25, 0.3) is 11.2 Å². The van der Waals surface area contributed by atoms with Crippen LogP contribution in [-0.2, 0) is 17.2 Å². The Morgan fingerprint density at radius 1 is 1.22 bits per heavy atom. The summed E-state index contributed by atoms with van der Waals surface area (Å²) in [5.74, 6) is 0. The van der Waals surface area contributed by atoms with Crippen molar-refractivity contribution in [3.05, 3.63) is 48.2 Å². The van der Waals surface area contributed by atoms with Crippen molar-refractivity contribution < 1.29 is 22.0 Å². The lowest BCUT2D eigenvalue weighted by molar-refractivity contribution is -0.646. The average molecular weight is 352 g/mol. The van der Waals surface area contributed by atoms with Crippen LogP contribution >= 0.6 is 11.8 Å². The van der Waals surface area contributed by atoms with Crippen LogP contribution in [0.3, 0.4) is 0 Å². The Morgan fingerprint density at radius 2 is 1.87 bits per heavy atom. The van der Waals surface area contributed by atoms with Crippen LogP contribution in [0.5, 0.6) is 0 Å². The first-order valence-electron chi connectivity index (χ1n) is 6.63. The highest BCUT2D eigenvalue weighted by atomic mass is 32.2. The molecule has 0 radical (unpaired) electrons. The molecule has 122 valence electrons. The summed E-state index contributed by atoms with van der Waals surface area (Å²) in [6, 6.07) is 9.64. The third-order valence-corrected chi connectivity index (χ3v) is 4.36. The van der Waals surface area contributed by atoms with Crippen LogP contribution < -0.4 is 4.57 Å². The molecule has 0 aliphatic rings. The molecule has 0 unspecified atom stereocenters. The van der Waals surface area contributed by atoms with Gasteiger partial charge in [0.1, 0.15) is 10.1 Å². The molecule has 0 amide bonds. The quantitative estimate of drug-likeness (QED) is 0.399. The van der Waals surface area contributed by atoms with Gasteiger partial charge in [-0.05, 0) is 49.2 Å². The molecule has 6 nitrogen and oxygen atoms in total. The van der Waals surface area contributed by atoms with Crippen molar-refractivity contribution in [2.45, 2.75) is 17.0 Å². The van der Waals surface area contributed by atoms with Gasteiger partial charge < -0.3 is 8.97 Å². The number of oxazole rings is 1. The third kappa shape index (κ3) is 4.54. The highest BCUT2D eigenvalue weighted by Gasteiger charge is 2.14. The van der Waals surface area contributed by atoms with Crippen LogP contribution in [0.1, 0.15) is 5.56 Å². The van der Waals surface area contributed by atoms with Gasteiger partial charge in [0.25, 0.3) is 0 Å². The molecule has 2 heterocycles. The average Bonchev–Trinajstić information content (AvgIpc) is 2.92. The second-order valence-electron chi connectivity index (χ2n) is 4.76. The molecule has 0 atom stereocenters. The van der Waals surface area contributed by atoms with Crippen molar-refractivity contribution in [2.24, 2.45) is 7.05 Å². The topological polar surface area (TPSA) is 87.1 Å². The van der Waals surface area contributed by atoms with E-state index in [4.69, 9.17) is 4.42 Å². The van der Waals surface area contributed by atoms with Gasteiger partial charge in [0.2, 0.25) is 5.58 Å². The third-order valence-electron chi connectivity index (χ3n) is 2.99. The molecule has 0 saturated carbocycles. The Morgan fingerprint density at radius 3 is 2.39 bits per heavy atom. The Labute approximate surface area is 138 Å². The summed E-state index contributed by atoms with van der Waals surface area (Å²) in [4.78, 5) is 4.11. The second-order valence-corrected chi connectivity index (χ2v) is 6.90. The number of hydrogen-bond acceptors (Lipinski definition) is 6. The normalized spacial score (nSPS) is 11.1. The van der Waals surface area contributed by atoms with Gasteiger partial charge in [-0.2, -0.15) is 0 Å². The van der Waals surface area contributed by atoms with Crippen molar-refractivity contribution in [2.75, 3.05) is 6.26 Å². The number of nitrogens with zero attached hydrogens (tertiary/aromatic N) is 2.